The summed E-state index contributed by atoms with van der Waals surface area (Å²) in [7, 11) is -3.64. The van der Waals surface area contributed by atoms with Gasteiger partial charge >= 0.3 is 0 Å². The minimum atomic E-state index is -3.64. The van der Waals surface area contributed by atoms with Gasteiger partial charge < -0.3 is 4.74 Å². The van der Waals surface area contributed by atoms with Gasteiger partial charge in [0.05, 0.1) is 22.0 Å². The van der Waals surface area contributed by atoms with Crippen LogP contribution in [0.1, 0.15) is 37.3 Å². The Morgan fingerprint density at radius 3 is 2.33 bits per heavy atom. The van der Waals surface area contributed by atoms with Gasteiger partial charge in [0.2, 0.25) is 9.84 Å². The summed E-state index contributed by atoms with van der Waals surface area (Å²) < 4.78 is 33.4. The van der Waals surface area contributed by atoms with Gasteiger partial charge in [-0.1, -0.05) is 77.3 Å². The van der Waals surface area contributed by atoms with E-state index in [2.05, 4.69) is 22.9 Å². The Labute approximate surface area is 170 Å². The number of ether oxygens (including phenoxy) is 1. The lowest BCUT2D eigenvalue weighted by atomic mass is 9.94. The van der Waals surface area contributed by atoms with Gasteiger partial charge in [-0.2, -0.15) is 0 Å². The van der Waals surface area contributed by atoms with Crippen LogP contribution in [0.15, 0.2) is 64.4 Å². The Kier molecular flexibility index (Phi) is 6.56. The molecule has 1 aliphatic rings. The summed E-state index contributed by atoms with van der Waals surface area (Å²) >= 11 is 3.52. The molecule has 3 nitrogen and oxygen atoms in total. The first kappa shape index (κ1) is 20.3. The molecule has 1 heterocycles. The topological polar surface area (TPSA) is 43.4 Å². The molecule has 0 aliphatic carbocycles. The highest BCUT2D eigenvalue weighted by Gasteiger charge is 2.37. The summed E-state index contributed by atoms with van der Waals surface area (Å²) in [6, 6.07) is 16.9. The summed E-state index contributed by atoms with van der Waals surface area (Å²) in [5.74, 6) is 0. The summed E-state index contributed by atoms with van der Waals surface area (Å²) in [5.41, 5.74) is 2.87. The van der Waals surface area contributed by atoms with Gasteiger partial charge in [0.1, 0.15) is 0 Å². The fourth-order valence-corrected chi connectivity index (χ4v) is 5.67. The fraction of sp³-hybridized carbons (Fsp3) is 0.364. The Hall–Kier alpha value is -1.43. The van der Waals surface area contributed by atoms with Gasteiger partial charge in [-0.05, 0) is 36.6 Å². The zero-order valence-corrected chi connectivity index (χ0v) is 18.1. The lowest BCUT2D eigenvalue weighted by molar-refractivity contribution is 0.0162. The molecule has 2 atom stereocenters. The van der Waals surface area contributed by atoms with Gasteiger partial charge in [-0.15, -0.1) is 0 Å². The summed E-state index contributed by atoms with van der Waals surface area (Å²) in [6.45, 7) is 4.01. The molecular weight excluding hydrogens is 424 g/mol. The third-order valence-corrected chi connectivity index (χ3v) is 7.55. The number of alkyl halides is 1. The number of hydrogen-bond acceptors (Lipinski definition) is 3. The molecule has 0 spiro atoms. The van der Waals surface area contributed by atoms with Crippen molar-refractivity contribution in [1.82, 2.24) is 0 Å². The molecule has 2 aromatic carbocycles. The molecule has 2 aromatic rings. The average Bonchev–Trinajstić information content (AvgIpc) is 2.68. The van der Waals surface area contributed by atoms with Gasteiger partial charge in [0.15, 0.2) is 0 Å². The Morgan fingerprint density at radius 2 is 1.74 bits per heavy atom. The van der Waals surface area contributed by atoms with Crippen LogP contribution < -0.4 is 0 Å². The number of aryl methyl sites for hydroxylation is 1. The van der Waals surface area contributed by atoms with Crippen LogP contribution in [0.4, 0.5) is 0 Å². The van der Waals surface area contributed by atoms with Crippen molar-refractivity contribution in [2.75, 3.05) is 5.33 Å². The molecular formula is C22H25BrO3S. The quantitative estimate of drug-likeness (QED) is 0.545. The van der Waals surface area contributed by atoms with Crippen LogP contribution in [-0.2, 0) is 14.6 Å². The first-order valence-electron chi connectivity index (χ1n) is 9.29. The molecule has 0 radical (unpaired) electrons. The van der Waals surface area contributed by atoms with Gasteiger partial charge in [-0.25, -0.2) is 8.42 Å². The maximum Gasteiger partial charge on any atom is 0.205 e. The number of rotatable bonds is 6. The third-order valence-electron chi connectivity index (χ3n) is 4.84. The Balaban J connectivity index is 2.22. The normalized spacial score (nSPS) is 20.7. The second kappa shape index (κ2) is 8.72. The van der Waals surface area contributed by atoms with Crippen molar-refractivity contribution >= 4 is 31.3 Å². The van der Waals surface area contributed by atoms with Crippen molar-refractivity contribution in [3.05, 3.63) is 70.6 Å². The van der Waals surface area contributed by atoms with Gasteiger partial charge in [0, 0.05) is 11.8 Å². The van der Waals surface area contributed by atoms with Crippen molar-refractivity contribution in [3.63, 3.8) is 0 Å². The zero-order valence-electron chi connectivity index (χ0n) is 15.7. The molecule has 3 rings (SSSR count). The second-order valence-corrected chi connectivity index (χ2v) is 9.48. The van der Waals surface area contributed by atoms with Crippen molar-refractivity contribution in [2.24, 2.45) is 0 Å². The van der Waals surface area contributed by atoms with E-state index in [1.807, 2.05) is 49.4 Å². The van der Waals surface area contributed by atoms with Crippen LogP contribution in [-0.4, -0.2) is 26.0 Å². The molecule has 27 heavy (non-hydrogen) atoms. The summed E-state index contributed by atoms with van der Waals surface area (Å²) in [6.07, 6.45) is 1.66. The van der Waals surface area contributed by atoms with Gasteiger partial charge in [0.25, 0.3) is 0 Å². The van der Waals surface area contributed by atoms with Crippen LogP contribution in [0.2, 0.25) is 0 Å². The first-order valence-corrected chi connectivity index (χ1v) is 11.9. The lowest BCUT2D eigenvalue weighted by Crippen LogP contribution is -2.34. The van der Waals surface area contributed by atoms with E-state index in [1.165, 1.54) is 0 Å². The molecule has 0 saturated heterocycles. The highest BCUT2D eigenvalue weighted by atomic mass is 79.9. The van der Waals surface area contributed by atoms with E-state index in [9.17, 15) is 8.42 Å². The molecule has 0 unspecified atom stereocenters. The number of sulfone groups is 1. The molecule has 5 heteroatoms. The molecule has 0 aromatic heterocycles. The standard InChI is InChI=1S/C22H25BrO3S/c1-3-7-21-22(27(24,25)19-12-10-16(2)11-13-19)20(14-18(15-23)26-21)17-8-5-4-6-9-17/h4-6,8-13,18,21H,3,7,14-15H2,1-2H3/t18-,21-/m0/s1. The van der Waals surface area contributed by atoms with Crippen molar-refractivity contribution < 1.29 is 13.2 Å². The molecule has 0 bridgehead atoms. The molecule has 0 saturated carbocycles. The van der Waals surface area contributed by atoms with E-state index >= 15 is 0 Å². The van der Waals surface area contributed by atoms with Crippen LogP contribution in [0, 0.1) is 6.92 Å². The highest BCUT2D eigenvalue weighted by Crippen LogP contribution is 2.40. The SMILES string of the molecule is CCC[C@@H]1O[C@H](CBr)CC(c2ccccc2)=C1S(=O)(=O)c1ccc(C)cc1. The van der Waals surface area contributed by atoms with E-state index in [0.717, 1.165) is 23.1 Å². The molecule has 0 amide bonds. The van der Waals surface area contributed by atoms with E-state index in [4.69, 9.17) is 4.74 Å². The molecule has 0 N–H and O–H groups in total. The zero-order chi connectivity index (χ0) is 19.4. The minimum Gasteiger partial charge on any atom is -0.368 e. The van der Waals surface area contributed by atoms with E-state index in [-0.39, 0.29) is 6.10 Å². The number of halogens is 1. The maximum absolute atomic E-state index is 13.6. The van der Waals surface area contributed by atoms with Crippen molar-refractivity contribution in [3.8, 4) is 0 Å². The average molecular weight is 449 g/mol. The van der Waals surface area contributed by atoms with Crippen LogP contribution in [0.3, 0.4) is 0 Å². The predicted octanol–water partition coefficient (Wildman–Crippen LogP) is 5.53. The Morgan fingerprint density at radius 1 is 1.07 bits per heavy atom. The predicted molar refractivity (Wildman–Crippen MR) is 114 cm³/mol. The van der Waals surface area contributed by atoms with E-state index in [1.54, 1.807) is 12.1 Å². The number of benzene rings is 2. The van der Waals surface area contributed by atoms with Crippen LogP contribution >= 0.6 is 15.9 Å². The van der Waals surface area contributed by atoms with Crippen LogP contribution in [0.25, 0.3) is 5.57 Å². The summed E-state index contributed by atoms with van der Waals surface area (Å²) in [4.78, 5) is 0.759. The van der Waals surface area contributed by atoms with Crippen molar-refractivity contribution in [1.29, 1.82) is 0 Å². The first-order chi connectivity index (χ1) is 13.0. The molecule has 1 aliphatic heterocycles. The lowest BCUT2D eigenvalue weighted by Gasteiger charge is -2.33. The minimum absolute atomic E-state index is 0.0336. The fourth-order valence-electron chi connectivity index (χ4n) is 3.50. The largest absolute Gasteiger partial charge is 0.368 e. The molecule has 144 valence electrons. The third kappa shape index (κ3) is 4.36. The van der Waals surface area contributed by atoms with E-state index in [0.29, 0.717) is 28.0 Å². The van der Waals surface area contributed by atoms with E-state index < -0.39 is 15.9 Å². The second-order valence-electron chi connectivity index (χ2n) is 6.92. The number of hydrogen-bond donors (Lipinski definition) is 0. The smallest absolute Gasteiger partial charge is 0.205 e. The monoisotopic (exact) mass is 448 g/mol. The van der Waals surface area contributed by atoms with Crippen LogP contribution in [0.5, 0.6) is 0 Å². The highest BCUT2D eigenvalue weighted by molar-refractivity contribution is 9.09. The van der Waals surface area contributed by atoms with Gasteiger partial charge in [-0.3, -0.25) is 0 Å². The maximum atomic E-state index is 13.6. The Bertz CT molecular complexity index is 902. The molecule has 0 fully saturated rings. The van der Waals surface area contributed by atoms with Crippen molar-refractivity contribution in [2.45, 2.75) is 50.2 Å². The summed E-state index contributed by atoms with van der Waals surface area (Å²) in [5, 5.41) is 0.682.